The standard InChI is InChI=1S/C67H58N4O8S2/c1-43-37-40-80-64(43)65-70-55(44(2)78-65)35-38-76-51-31-27-46(28-32-51)41-60(69-58-26-16-14-24-54(58)63(74)49-19-9-5-10-20-49)67(75)79-61(72)42-59(68-57-25-15-13-23-53(57)62(73)48-17-7-4-8-18-48)47-29-33-52(34-30-47)77-39-36-56-45(3)81-66(71-56)50-21-11-6-12-22-50/h4-34,37,40,59-60,68-69H,35-36,38-39,41-42H2,1-3H3/t59?,60-/m0/s1. The number of benzene rings is 7. The molecule has 10 rings (SSSR count). The van der Waals surface area contributed by atoms with Gasteiger partial charge in [-0.05, 0) is 97.4 Å². The summed E-state index contributed by atoms with van der Waals surface area (Å²) < 4.78 is 24.2. The summed E-state index contributed by atoms with van der Waals surface area (Å²) in [7, 11) is 0. The zero-order valence-corrected chi connectivity index (χ0v) is 46.6. The molecule has 3 aromatic heterocycles. The number of para-hydroxylation sites is 2. The Morgan fingerprint density at radius 1 is 0.580 bits per heavy atom. The van der Waals surface area contributed by atoms with E-state index in [1.165, 1.54) is 0 Å². The summed E-state index contributed by atoms with van der Waals surface area (Å²) in [5.74, 6) is 0.461. The number of carbonyl (C=O) groups is 4. The third-order valence-electron chi connectivity index (χ3n) is 13.7. The lowest BCUT2D eigenvalue weighted by molar-refractivity contribution is -0.160. The second kappa shape index (κ2) is 26.1. The molecule has 3 heterocycles. The van der Waals surface area contributed by atoms with Crippen LogP contribution < -0.4 is 20.1 Å². The molecule has 81 heavy (non-hydrogen) atoms. The fraction of sp³-hybridized carbons (Fsp3) is 0.164. The zero-order chi connectivity index (χ0) is 56.1. The number of aromatic nitrogens is 2. The second-order valence-corrected chi connectivity index (χ2v) is 21.4. The van der Waals surface area contributed by atoms with Gasteiger partial charge in [-0.2, -0.15) is 0 Å². The van der Waals surface area contributed by atoms with E-state index in [0.717, 1.165) is 48.6 Å². The van der Waals surface area contributed by atoms with Crippen molar-refractivity contribution >= 4 is 57.6 Å². The lowest BCUT2D eigenvalue weighted by atomic mass is 9.99. The van der Waals surface area contributed by atoms with Gasteiger partial charge in [-0.1, -0.05) is 140 Å². The van der Waals surface area contributed by atoms with Gasteiger partial charge >= 0.3 is 11.9 Å². The Labute approximate surface area is 478 Å². The van der Waals surface area contributed by atoms with E-state index in [9.17, 15) is 19.2 Å². The van der Waals surface area contributed by atoms with Gasteiger partial charge in [0.2, 0.25) is 5.89 Å². The number of ether oxygens (including phenoxy) is 3. The quantitative estimate of drug-likeness (QED) is 0.0336. The minimum Gasteiger partial charge on any atom is -0.493 e. The number of nitrogens with one attached hydrogen (secondary N) is 2. The highest BCUT2D eigenvalue weighted by Crippen LogP contribution is 2.33. The molecular formula is C67H58N4O8S2. The maximum absolute atomic E-state index is 14.6. The largest absolute Gasteiger partial charge is 0.493 e. The molecule has 14 heteroatoms. The summed E-state index contributed by atoms with van der Waals surface area (Å²) >= 11 is 3.25. The van der Waals surface area contributed by atoms with E-state index in [1.807, 2.05) is 110 Å². The molecule has 2 atom stereocenters. The highest BCUT2D eigenvalue weighted by molar-refractivity contribution is 7.15. The monoisotopic (exact) mass is 1110 g/mol. The van der Waals surface area contributed by atoms with Crippen molar-refractivity contribution in [2.75, 3.05) is 23.8 Å². The van der Waals surface area contributed by atoms with Crippen LogP contribution in [0.1, 0.15) is 83.0 Å². The SMILES string of the molecule is Cc1ccsc1-c1nc(CCOc2ccc(C[C@H](Nc3ccccc3C(=O)c3ccccc3)C(=O)OC(=O)CC(Nc3ccccc3C(=O)c3ccccc3)c3ccc(OCCc4nc(-c5ccccc5)sc4C)cc3)cc2)c(C)o1. The Hall–Kier alpha value is -9.24. The number of hydrogen-bond acceptors (Lipinski definition) is 14. The van der Waals surface area contributed by atoms with Gasteiger partial charge in [-0.3, -0.25) is 14.4 Å². The second-order valence-electron chi connectivity index (χ2n) is 19.3. The number of esters is 2. The average Bonchev–Trinajstić information content (AvgIpc) is 4.25. The van der Waals surface area contributed by atoms with Crippen LogP contribution >= 0.6 is 22.7 Å². The minimum atomic E-state index is -1.13. The van der Waals surface area contributed by atoms with Crippen molar-refractivity contribution in [3.05, 3.63) is 260 Å². The van der Waals surface area contributed by atoms with Crippen molar-refractivity contribution in [3.8, 4) is 32.8 Å². The molecular weight excluding hydrogens is 1050 g/mol. The maximum atomic E-state index is 14.6. The first-order valence-electron chi connectivity index (χ1n) is 26.6. The number of carbonyl (C=O) groups excluding carboxylic acids is 4. The molecule has 10 aromatic rings. The molecule has 1 unspecified atom stereocenters. The smallest absolute Gasteiger partial charge is 0.336 e. The van der Waals surface area contributed by atoms with Gasteiger partial charge in [-0.25, -0.2) is 14.8 Å². The highest BCUT2D eigenvalue weighted by Gasteiger charge is 2.28. The van der Waals surface area contributed by atoms with Crippen LogP contribution in [0.25, 0.3) is 21.3 Å². The predicted molar refractivity (Wildman–Crippen MR) is 319 cm³/mol. The van der Waals surface area contributed by atoms with Crippen LogP contribution in [0.2, 0.25) is 0 Å². The van der Waals surface area contributed by atoms with E-state index in [4.69, 9.17) is 28.6 Å². The van der Waals surface area contributed by atoms with Gasteiger partial charge in [0.1, 0.15) is 28.3 Å². The van der Waals surface area contributed by atoms with Crippen molar-refractivity contribution in [1.29, 1.82) is 0 Å². The molecule has 406 valence electrons. The van der Waals surface area contributed by atoms with Crippen LogP contribution in [0.3, 0.4) is 0 Å². The van der Waals surface area contributed by atoms with Gasteiger partial charge in [0, 0.05) is 63.3 Å². The van der Waals surface area contributed by atoms with Crippen LogP contribution in [-0.2, 0) is 33.6 Å². The number of nitrogens with zero attached hydrogens (tertiary/aromatic N) is 2. The van der Waals surface area contributed by atoms with Crippen molar-refractivity contribution in [1.82, 2.24) is 9.97 Å². The molecule has 0 fully saturated rings. The Kier molecular flexibility index (Phi) is 17.8. The molecule has 0 radical (unpaired) electrons. The van der Waals surface area contributed by atoms with Crippen molar-refractivity contribution in [3.63, 3.8) is 0 Å². The predicted octanol–water partition coefficient (Wildman–Crippen LogP) is 14.5. The number of ketones is 2. The van der Waals surface area contributed by atoms with Gasteiger partial charge in [0.25, 0.3) is 0 Å². The fourth-order valence-corrected chi connectivity index (χ4v) is 11.1. The third-order valence-corrected chi connectivity index (χ3v) is 15.7. The molecule has 0 saturated carbocycles. The van der Waals surface area contributed by atoms with Gasteiger partial charge < -0.3 is 29.3 Å². The summed E-state index contributed by atoms with van der Waals surface area (Å²) in [6, 6.07) is 56.8. The number of aryl methyl sites for hydroxylation is 3. The van der Waals surface area contributed by atoms with E-state index in [1.54, 1.807) is 114 Å². The molecule has 0 bridgehead atoms. The average molecular weight is 1110 g/mol. The van der Waals surface area contributed by atoms with Crippen LogP contribution in [0.15, 0.2) is 204 Å². The number of oxazole rings is 1. The summed E-state index contributed by atoms with van der Waals surface area (Å²) in [4.78, 5) is 68.6. The van der Waals surface area contributed by atoms with Gasteiger partial charge in [-0.15, -0.1) is 22.7 Å². The molecule has 0 aliphatic heterocycles. The zero-order valence-electron chi connectivity index (χ0n) is 44.9. The van der Waals surface area contributed by atoms with Crippen LogP contribution in [0.4, 0.5) is 11.4 Å². The van der Waals surface area contributed by atoms with Crippen LogP contribution in [0.5, 0.6) is 11.5 Å². The Morgan fingerprint density at radius 3 is 1.72 bits per heavy atom. The topological polar surface area (TPSA) is 159 Å². The highest BCUT2D eigenvalue weighted by atomic mass is 32.1. The molecule has 0 amide bonds. The Morgan fingerprint density at radius 2 is 1.12 bits per heavy atom. The summed E-state index contributed by atoms with van der Waals surface area (Å²) in [5, 5.41) is 9.72. The summed E-state index contributed by atoms with van der Waals surface area (Å²) in [6.07, 6.45) is 0.920. The van der Waals surface area contributed by atoms with Gasteiger partial charge in [0.05, 0.1) is 41.9 Å². The van der Waals surface area contributed by atoms with E-state index in [2.05, 4.69) is 29.7 Å². The van der Waals surface area contributed by atoms with E-state index >= 15 is 0 Å². The molecule has 12 nitrogen and oxygen atoms in total. The number of rotatable bonds is 24. The van der Waals surface area contributed by atoms with Crippen LogP contribution in [0, 0.1) is 20.8 Å². The lowest BCUT2D eigenvalue weighted by Crippen LogP contribution is -2.36. The maximum Gasteiger partial charge on any atom is 0.336 e. The summed E-state index contributed by atoms with van der Waals surface area (Å²) in [5.41, 5.74) is 8.00. The Balaban J connectivity index is 0.865. The third kappa shape index (κ3) is 14.0. The van der Waals surface area contributed by atoms with E-state index in [0.29, 0.717) is 82.6 Å². The van der Waals surface area contributed by atoms with Crippen molar-refractivity contribution < 1.29 is 37.8 Å². The number of hydrogen-bond donors (Lipinski definition) is 2. The van der Waals surface area contributed by atoms with E-state index < -0.39 is 24.0 Å². The molecule has 0 aliphatic carbocycles. The van der Waals surface area contributed by atoms with Crippen LogP contribution in [-0.4, -0.2) is 52.7 Å². The number of anilines is 2. The molecule has 2 N–H and O–H groups in total. The minimum absolute atomic E-state index is 0.0810. The number of thiophene rings is 1. The van der Waals surface area contributed by atoms with Crippen molar-refractivity contribution in [2.24, 2.45) is 0 Å². The Bertz CT molecular complexity index is 3760. The van der Waals surface area contributed by atoms with Crippen molar-refractivity contribution in [2.45, 2.75) is 58.5 Å². The normalized spacial score (nSPS) is 11.8. The first-order chi connectivity index (χ1) is 39.5. The molecule has 0 spiro atoms. The first kappa shape index (κ1) is 55.1. The first-order valence-corrected chi connectivity index (χ1v) is 28.3. The summed E-state index contributed by atoms with van der Waals surface area (Å²) in [6.45, 7) is 6.75. The van der Waals surface area contributed by atoms with Gasteiger partial charge in [0.15, 0.2) is 11.6 Å². The molecule has 0 saturated heterocycles. The molecule has 7 aromatic carbocycles. The number of thiazole rings is 1. The lowest BCUT2D eigenvalue weighted by Gasteiger charge is -2.23. The van der Waals surface area contributed by atoms with E-state index in [-0.39, 0.29) is 24.4 Å². The molecule has 0 aliphatic rings. The fourth-order valence-electron chi connectivity index (χ4n) is 9.31.